The Morgan fingerprint density at radius 1 is 1.28 bits per heavy atom. The molecule has 1 heterocycles. The van der Waals surface area contributed by atoms with Gasteiger partial charge in [-0.3, -0.25) is 4.79 Å². The Hall–Kier alpha value is -2.58. The molecule has 0 saturated heterocycles. The molecule has 1 N–H and O–H groups in total. The molecular weight excluding hydrogens is 362 g/mol. The van der Waals surface area contributed by atoms with Gasteiger partial charge in [-0.1, -0.05) is 29.4 Å². The number of carbonyl (C=O) groups is 1. The van der Waals surface area contributed by atoms with E-state index in [1.54, 1.807) is 43.5 Å². The van der Waals surface area contributed by atoms with Gasteiger partial charge in [0.15, 0.2) is 0 Å². The first-order valence-electron chi connectivity index (χ1n) is 7.27. The van der Waals surface area contributed by atoms with E-state index in [4.69, 9.17) is 16.3 Å². The molecule has 128 valence electrons. The van der Waals surface area contributed by atoms with Crippen LogP contribution in [0.25, 0.3) is 5.69 Å². The Morgan fingerprint density at radius 3 is 2.80 bits per heavy atom. The van der Waals surface area contributed by atoms with Gasteiger partial charge in [-0.2, -0.15) is 4.68 Å². The van der Waals surface area contributed by atoms with Gasteiger partial charge >= 0.3 is 0 Å². The highest BCUT2D eigenvalue weighted by atomic mass is 35.5. The van der Waals surface area contributed by atoms with Crippen molar-refractivity contribution in [2.24, 2.45) is 0 Å². The van der Waals surface area contributed by atoms with Crippen molar-refractivity contribution in [2.45, 2.75) is 5.16 Å². The summed E-state index contributed by atoms with van der Waals surface area (Å²) in [7, 11) is 1.59. The summed E-state index contributed by atoms with van der Waals surface area (Å²) in [6, 6.07) is 14.3. The quantitative estimate of drug-likeness (QED) is 0.667. The SMILES string of the molecule is COc1ccc(NC(=O)CSc2nnnn2-c2cccc(Cl)c2)cc1. The van der Waals surface area contributed by atoms with Gasteiger partial charge in [-0.25, -0.2) is 0 Å². The van der Waals surface area contributed by atoms with Crippen molar-refractivity contribution in [3.8, 4) is 11.4 Å². The van der Waals surface area contributed by atoms with E-state index < -0.39 is 0 Å². The van der Waals surface area contributed by atoms with Crippen molar-refractivity contribution in [2.75, 3.05) is 18.2 Å². The van der Waals surface area contributed by atoms with Crippen LogP contribution in [0.15, 0.2) is 53.7 Å². The largest absolute Gasteiger partial charge is 0.497 e. The van der Waals surface area contributed by atoms with E-state index in [0.717, 1.165) is 11.4 Å². The topological polar surface area (TPSA) is 81.9 Å². The lowest BCUT2D eigenvalue weighted by Crippen LogP contribution is -2.14. The maximum Gasteiger partial charge on any atom is 0.234 e. The number of aromatic nitrogens is 4. The van der Waals surface area contributed by atoms with E-state index in [-0.39, 0.29) is 11.7 Å². The average Bonchev–Trinajstić information content (AvgIpc) is 3.09. The molecule has 0 spiro atoms. The lowest BCUT2D eigenvalue weighted by Gasteiger charge is -2.07. The monoisotopic (exact) mass is 375 g/mol. The van der Waals surface area contributed by atoms with Gasteiger partial charge in [0.2, 0.25) is 11.1 Å². The molecule has 0 bridgehead atoms. The number of nitrogens with one attached hydrogen (secondary N) is 1. The molecule has 0 aliphatic heterocycles. The first kappa shape index (κ1) is 17.2. The second-order valence-electron chi connectivity index (χ2n) is 4.92. The van der Waals surface area contributed by atoms with Crippen molar-refractivity contribution in [1.29, 1.82) is 0 Å². The van der Waals surface area contributed by atoms with Crippen LogP contribution in [0.3, 0.4) is 0 Å². The van der Waals surface area contributed by atoms with Crippen LogP contribution in [0.1, 0.15) is 0 Å². The summed E-state index contributed by atoms with van der Waals surface area (Å²) in [5, 5.41) is 15.5. The normalized spacial score (nSPS) is 10.5. The molecule has 1 aromatic heterocycles. The number of carbonyl (C=O) groups excluding carboxylic acids is 1. The minimum Gasteiger partial charge on any atom is -0.497 e. The summed E-state index contributed by atoms with van der Waals surface area (Å²) < 4.78 is 6.62. The Bertz CT molecular complexity index is 869. The zero-order valence-electron chi connectivity index (χ0n) is 13.2. The first-order valence-corrected chi connectivity index (χ1v) is 8.63. The van der Waals surface area contributed by atoms with E-state index in [9.17, 15) is 4.79 Å². The van der Waals surface area contributed by atoms with Crippen LogP contribution in [-0.2, 0) is 4.79 Å². The molecule has 0 fully saturated rings. The summed E-state index contributed by atoms with van der Waals surface area (Å²) in [6.45, 7) is 0. The summed E-state index contributed by atoms with van der Waals surface area (Å²) in [5.41, 5.74) is 1.43. The van der Waals surface area contributed by atoms with Gasteiger partial charge in [-0.15, -0.1) is 5.10 Å². The number of anilines is 1. The minimum atomic E-state index is -0.157. The molecule has 0 radical (unpaired) electrons. The van der Waals surface area contributed by atoms with Crippen LogP contribution >= 0.6 is 23.4 Å². The highest BCUT2D eigenvalue weighted by molar-refractivity contribution is 7.99. The van der Waals surface area contributed by atoms with Gasteiger partial charge in [0.25, 0.3) is 0 Å². The lowest BCUT2D eigenvalue weighted by atomic mass is 10.3. The molecular formula is C16H14ClN5O2S. The van der Waals surface area contributed by atoms with Crippen LogP contribution in [0.5, 0.6) is 5.75 Å². The highest BCUT2D eigenvalue weighted by Gasteiger charge is 2.12. The number of hydrogen-bond donors (Lipinski definition) is 1. The maximum absolute atomic E-state index is 12.1. The Kier molecular flexibility index (Phi) is 5.52. The number of tetrazole rings is 1. The van der Waals surface area contributed by atoms with Gasteiger partial charge in [-0.05, 0) is 52.9 Å². The smallest absolute Gasteiger partial charge is 0.234 e. The van der Waals surface area contributed by atoms with E-state index in [1.165, 1.54) is 16.4 Å². The molecule has 0 aliphatic carbocycles. The second-order valence-corrected chi connectivity index (χ2v) is 6.30. The zero-order chi connectivity index (χ0) is 17.6. The predicted molar refractivity (Wildman–Crippen MR) is 96.5 cm³/mol. The van der Waals surface area contributed by atoms with Gasteiger partial charge in [0.05, 0.1) is 18.6 Å². The highest BCUT2D eigenvalue weighted by Crippen LogP contribution is 2.21. The fourth-order valence-electron chi connectivity index (χ4n) is 2.04. The van der Waals surface area contributed by atoms with Crippen molar-refractivity contribution >= 4 is 35.0 Å². The number of hydrogen-bond acceptors (Lipinski definition) is 6. The number of methoxy groups -OCH3 is 1. The fourth-order valence-corrected chi connectivity index (χ4v) is 2.92. The minimum absolute atomic E-state index is 0.157. The Labute approximate surface area is 153 Å². The number of nitrogens with zero attached hydrogens (tertiary/aromatic N) is 4. The molecule has 3 rings (SSSR count). The number of rotatable bonds is 6. The van der Waals surface area contributed by atoms with Gasteiger partial charge < -0.3 is 10.1 Å². The van der Waals surface area contributed by atoms with Gasteiger partial charge in [0.1, 0.15) is 5.75 Å². The standard InChI is InChI=1S/C16H14ClN5O2S/c1-24-14-7-5-12(6-8-14)18-15(23)10-25-16-19-20-21-22(16)13-4-2-3-11(17)9-13/h2-9H,10H2,1H3,(H,18,23). The van der Waals surface area contributed by atoms with Crippen LogP contribution in [-0.4, -0.2) is 39.0 Å². The van der Waals surface area contributed by atoms with Crippen LogP contribution in [0.2, 0.25) is 5.02 Å². The molecule has 0 atom stereocenters. The lowest BCUT2D eigenvalue weighted by molar-refractivity contribution is -0.113. The Balaban J connectivity index is 1.62. The van der Waals surface area contributed by atoms with Gasteiger partial charge in [0, 0.05) is 10.7 Å². The van der Waals surface area contributed by atoms with Crippen molar-refractivity contribution in [3.05, 3.63) is 53.6 Å². The molecule has 0 aliphatic rings. The third-order valence-corrected chi connectivity index (χ3v) is 4.35. The molecule has 25 heavy (non-hydrogen) atoms. The van der Waals surface area contributed by atoms with Crippen LogP contribution < -0.4 is 10.1 Å². The summed E-state index contributed by atoms with van der Waals surface area (Å²) >= 11 is 7.23. The van der Waals surface area contributed by atoms with E-state index in [2.05, 4.69) is 20.8 Å². The molecule has 7 nitrogen and oxygen atoms in total. The fraction of sp³-hybridized carbons (Fsp3) is 0.125. The molecule has 0 unspecified atom stereocenters. The zero-order valence-corrected chi connectivity index (χ0v) is 14.8. The first-order chi connectivity index (χ1) is 12.2. The molecule has 0 saturated carbocycles. The maximum atomic E-state index is 12.1. The average molecular weight is 376 g/mol. The third-order valence-electron chi connectivity index (χ3n) is 3.20. The summed E-state index contributed by atoms with van der Waals surface area (Å²) in [4.78, 5) is 12.1. The van der Waals surface area contributed by atoms with E-state index >= 15 is 0 Å². The van der Waals surface area contributed by atoms with Crippen LogP contribution in [0, 0.1) is 0 Å². The predicted octanol–water partition coefficient (Wildman–Crippen LogP) is 3.06. The van der Waals surface area contributed by atoms with Crippen molar-refractivity contribution in [1.82, 2.24) is 20.2 Å². The second kappa shape index (κ2) is 8.00. The number of benzene rings is 2. The summed E-state index contributed by atoms with van der Waals surface area (Å²) in [5.74, 6) is 0.747. The van der Waals surface area contributed by atoms with Crippen LogP contribution in [0.4, 0.5) is 5.69 Å². The number of halogens is 1. The van der Waals surface area contributed by atoms with Crippen molar-refractivity contribution in [3.63, 3.8) is 0 Å². The molecule has 2 aromatic carbocycles. The Morgan fingerprint density at radius 2 is 2.08 bits per heavy atom. The number of thioether (sulfide) groups is 1. The summed E-state index contributed by atoms with van der Waals surface area (Å²) in [6.07, 6.45) is 0. The number of ether oxygens (including phenoxy) is 1. The molecule has 9 heteroatoms. The van der Waals surface area contributed by atoms with E-state index in [1.807, 2.05) is 12.1 Å². The number of amides is 1. The molecule has 1 amide bonds. The third kappa shape index (κ3) is 4.49. The van der Waals surface area contributed by atoms with Crippen molar-refractivity contribution < 1.29 is 9.53 Å². The van der Waals surface area contributed by atoms with E-state index in [0.29, 0.717) is 15.9 Å². The molecule has 3 aromatic rings.